The first-order valence-corrected chi connectivity index (χ1v) is 8.87. The molecular formula is C20H23N5. The van der Waals surface area contributed by atoms with Crippen molar-refractivity contribution >= 4 is 5.69 Å². The Morgan fingerprint density at radius 2 is 1.96 bits per heavy atom. The first kappa shape index (κ1) is 15.8. The standard InChI is InChI=1S/C20H23N5/c1-16-13-19(6-9-22-16)24-11-2-3-18(15-24)20-23-10-12-25(20)14-17-4-7-21-8-5-17/h4-10,12-13,18H,2-3,11,14-15H2,1H3. The van der Waals surface area contributed by atoms with Gasteiger partial charge in [0.2, 0.25) is 0 Å². The molecule has 0 aromatic carbocycles. The quantitative estimate of drug-likeness (QED) is 0.734. The summed E-state index contributed by atoms with van der Waals surface area (Å²) in [6.07, 6.45) is 12.0. The van der Waals surface area contributed by atoms with E-state index < -0.39 is 0 Å². The Kier molecular flexibility index (Phi) is 4.46. The molecule has 4 heterocycles. The average molecular weight is 333 g/mol. The molecule has 1 unspecified atom stereocenters. The van der Waals surface area contributed by atoms with Crippen molar-refractivity contribution in [3.05, 3.63) is 72.3 Å². The van der Waals surface area contributed by atoms with Gasteiger partial charge in [-0.1, -0.05) is 0 Å². The van der Waals surface area contributed by atoms with E-state index in [2.05, 4.69) is 49.9 Å². The molecule has 5 heteroatoms. The summed E-state index contributed by atoms with van der Waals surface area (Å²) in [4.78, 5) is 15.6. The number of anilines is 1. The van der Waals surface area contributed by atoms with Crippen molar-refractivity contribution < 1.29 is 0 Å². The zero-order valence-corrected chi connectivity index (χ0v) is 14.5. The second kappa shape index (κ2) is 7.05. The third-order valence-electron chi connectivity index (χ3n) is 4.88. The van der Waals surface area contributed by atoms with E-state index in [0.717, 1.165) is 25.3 Å². The van der Waals surface area contributed by atoms with Crippen LogP contribution in [0, 0.1) is 6.92 Å². The number of piperidine rings is 1. The highest BCUT2D eigenvalue weighted by Gasteiger charge is 2.25. The Hall–Kier alpha value is -2.69. The minimum Gasteiger partial charge on any atom is -0.371 e. The summed E-state index contributed by atoms with van der Waals surface area (Å²) in [5.41, 5.74) is 3.59. The predicted octanol–water partition coefficient (Wildman–Crippen LogP) is 3.41. The molecule has 0 N–H and O–H groups in total. The number of aromatic nitrogens is 4. The number of hydrogen-bond acceptors (Lipinski definition) is 4. The number of nitrogens with zero attached hydrogens (tertiary/aromatic N) is 5. The van der Waals surface area contributed by atoms with E-state index in [0.29, 0.717) is 5.92 Å². The molecule has 5 nitrogen and oxygen atoms in total. The van der Waals surface area contributed by atoms with E-state index >= 15 is 0 Å². The SMILES string of the molecule is Cc1cc(N2CCCC(c3nccn3Cc3ccncc3)C2)ccn1. The maximum Gasteiger partial charge on any atom is 0.113 e. The Morgan fingerprint density at radius 3 is 2.80 bits per heavy atom. The van der Waals surface area contributed by atoms with Crippen molar-refractivity contribution in [2.75, 3.05) is 18.0 Å². The van der Waals surface area contributed by atoms with Gasteiger partial charge in [-0.25, -0.2) is 4.98 Å². The molecule has 0 spiro atoms. The molecule has 0 bridgehead atoms. The fourth-order valence-corrected chi connectivity index (χ4v) is 3.65. The van der Waals surface area contributed by atoms with Crippen LogP contribution in [-0.2, 0) is 6.54 Å². The second-order valence-corrected chi connectivity index (χ2v) is 6.71. The largest absolute Gasteiger partial charge is 0.371 e. The van der Waals surface area contributed by atoms with Gasteiger partial charge >= 0.3 is 0 Å². The third-order valence-corrected chi connectivity index (χ3v) is 4.88. The smallest absolute Gasteiger partial charge is 0.113 e. The van der Waals surface area contributed by atoms with Gasteiger partial charge in [0.15, 0.2) is 0 Å². The fraction of sp³-hybridized carbons (Fsp3) is 0.350. The highest BCUT2D eigenvalue weighted by atomic mass is 15.2. The van der Waals surface area contributed by atoms with Gasteiger partial charge in [-0.05, 0) is 49.6 Å². The third kappa shape index (κ3) is 3.55. The van der Waals surface area contributed by atoms with E-state index in [1.54, 1.807) is 0 Å². The van der Waals surface area contributed by atoms with E-state index in [9.17, 15) is 0 Å². The van der Waals surface area contributed by atoms with Crippen LogP contribution in [0.15, 0.2) is 55.2 Å². The van der Waals surface area contributed by atoms with Crippen LogP contribution < -0.4 is 4.90 Å². The molecule has 1 saturated heterocycles. The summed E-state index contributed by atoms with van der Waals surface area (Å²) in [6.45, 7) is 5.01. The van der Waals surface area contributed by atoms with Crippen molar-refractivity contribution in [2.45, 2.75) is 32.2 Å². The molecule has 0 aliphatic carbocycles. The van der Waals surface area contributed by atoms with Gasteiger partial charge in [-0.15, -0.1) is 0 Å². The number of pyridine rings is 2. The van der Waals surface area contributed by atoms with Crippen molar-refractivity contribution in [2.24, 2.45) is 0 Å². The number of hydrogen-bond donors (Lipinski definition) is 0. The minimum atomic E-state index is 0.457. The number of imidazole rings is 1. The highest BCUT2D eigenvalue weighted by Crippen LogP contribution is 2.29. The normalized spacial score (nSPS) is 17.6. The van der Waals surface area contributed by atoms with Crippen LogP contribution in [0.1, 0.15) is 35.8 Å². The predicted molar refractivity (Wildman–Crippen MR) is 98.7 cm³/mol. The Bertz CT molecular complexity index is 827. The topological polar surface area (TPSA) is 46.8 Å². The average Bonchev–Trinajstić information content (AvgIpc) is 3.11. The van der Waals surface area contributed by atoms with E-state index in [1.165, 1.54) is 29.9 Å². The van der Waals surface area contributed by atoms with Gasteiger partial charge < -0.3 is 9.47 Å². The summed E-state index contributed by atoms with van der Waals surface area (Å²) >= 11 is 0. The van der Waals surface area contributed by atoms with Crippen molar-refractivity contribution in [3.8, 4) is 0 Å². The maximum absolute atomic E-state index is 4.69. The molecule has 0 saturated carbocycles. The van der Waals surface area contributed by atoms with E-state index in [1.807, 2.05) is 31.7 Å². The van der Waals surface area contributed by atoms with Crippen LogP contribution in [0.25, 0.3) is 0 Å². The summed E-state index contributed by atoms with van der Waals surface area (Å²) in [5.74, 6) is 1.64. The Morgan fingerprint density at radius 1 is 1.08 bits per heavy atom. The summed E-state index contributed by atoms with van der Waals surface area (Å²) in [6, 6.07) is 8.41. The van der Waals surface area contributed by atoms with Crippen LogP contribution in [0.5, 0.6) is 0 Å². The first-order chi connectivity index (χ1) is 12.3. The Labute approximate surface area is 148 Å². The minimum absolute atomic E-state index is 0.457. The number of aryl methyl sites for hydroxylation is 1. The lowest BCUT2D eigenvalue weighted by Gasteiger charge is -2.34. The van der Waals surface area contributed by atoms with Gasteiger partial charge in [0.1, 0.15) is 5.82 Å². The lowest BCUT2D eigenvalue weighted by atomic mass is 9.96. The monoisotopic (exact) mass is 333 g/mol. The molecule has 1 atom stereocenters. The van der Waals surface area contributed by atoms with Crippen LogP contribution >= 0.6 is 0 Å². The van der Waals surface area contributed by atoms with Crippen LogP contribution in [0.4, 0.5) is 5.69 Å². The molecule has 25 heavy (non-hydrogen) atoms. The van der Waals surface area contributed by atoms with Crippen LogP contribution in [0.2, 0.25) is 0 Å². The van der Waals surface area contributed by atoms with E-state index in [-0.39, 0.29) is 0 Å². The fourth-order valence-electron chi connectivity index (χ4n) is 3.65. The maximum atomic E-state index is 4.69. The molecule has 128 valence electrons. The number of rotatable bonds is 4. The van der Waals surface area contributed by atoms with Crippen molar-refractivity contribution in [1.82, 2.24) is 19.5 Å². The zero-order chi connectivity index (χ0) is 17.1. The molecule has 1 fully saturated rings. The molecule has 1 aliphatic rings. The molecule has 0 radical (unpaired) electrons. The van der Waals surface area contributed by atoms with Gasteiger partial charge in [-0.3, -0.25) is 9.97 Å². The lowest BCUT2D eigenvalue weighted by Crippen LogP contribution is -2.35. The first-order valence-electron chi connectivity index (χ1n) is 8.87. The van der Waals surface area contributed by atoms with E-state index in [4.69, 9.17) is 4.98 Å². The molecule has 1 aliphatic heterocycles. The Balaban J connectivity index is 1.53. The summed E-state index contributed by atoms with van der Waals surface area (Å²) < 4.78 is 2.28. The van der Waals surface area contributed by atoms with Gasteiger partial charge in [-0.2, -0.15) is 0 Å². The highest BCUT2D eigenvalue weighted by molar-refractivity contribution is 5.47. The molecule has 4 rings (SSSR count). The van der Waals surface area contributed by atoms with Gasteiger partial charge in [0.05, 0.1) is 0 Å². The zero-order valence-electron chi connectivity index (χ0n) is 14.5. The van der Waals surface area contributed by atoms with Gasteiger partial charge in [0, 0.05) is 67.9 Å². The second-order valence-electron chi connectivity index (χ2n) is 6.71. The van der Waals surface area contributed by atoms with Crippen LogP contribution in [-0.4, -0.2) is 32.6 Å². The molecule has 0 amide bonds. The van der Waals surface area contributed by atoms with Crippen molar-refractivity contribution in [3.63, 3.8) is 0 Å². The summed E-state index contributed by atoms with van der Waals surface area (Å²) in [5, 5.41) is 0. The molecular weight excluding hydrogens is 310 g/mol. The molecule has 3 aromatic rings. The van der Waals surface area contributed by atoms with Crippen molar-refractivity contribution in [1.29, 1.82) is 0 Å². The van der Waals surface area contributed by atoms with Crippen LogP contribution in [0.3, 0.4) is 0 Å². The summed E-state index contributed by atoms with van der Waals surface area (Å²) in [7, 11) is 0. The lowest BCUT2D eigenvalue weighted by molar-refractivity contribution is 0.476. The molecule has 3 aromatic heterocycles. The van der Waals surface area contributed by atoms with Gasteiger partial charge in [0.25, 0.3) is 0 Å².